The van der Waals surface area contributed by atoms with Crippen molar-refractivity contribution in [2.75, 3.05) is 13.1 Å². The van der Waals surface area contributed by atoms with E-state index in [-0.39, 0.29) is 0 Å². The highest BCUT2D eigenvalue weighted by molar-refractivity contribution is 5.90. The minimum Gasteiger partial charge on any atom is -0.333 e. The summed E-state index contributed by atoms with van der Waals surface area (Å²) in [4.78, 5) is 12.7. The van der Waals surface area contributed by atoms with E-state index in [0.717, 1.165) is 6.42 Å². The number of carbonyl (C=O) groups excluding carboxylic acids is 1. The summed E-state index contributed by atoms with van der Waals surface area (Å²) in [6.07, 6.45) is 2.85. The van der Waals surface area contributed by atoms with Crippen molar-refractivity contribution in [3.05, 3.63) is 24.1 Å². The van der Waals surface area contributed by atoms with Gasteiger partial charge in [0.1, 0.15) is 0 Å². The predicted molar refractivity (Wildman–Crippen MR) is 54.4 cm³/mol. The van der Waals surface area contributed by atoms with Gasteiger partial charge in [0, 0.05) is 13.1 Å². The van der Waals surface area contributed by atoms with Crippen molar-refractivity contribution in [3.8, 4) is 0 Å². The van der Waals surface area contributed by atoms with Gasteiger partial charge in [-0.25, -0.2) is 4.39 Å². The van der Waals surface area contributed by atoms with Gasteiger partial charge in [-0.15, -0.1) is 0 Å². The van der Waals surface area contributed by atoms with E-state index < -0.39 is 11.7 Å². The summed E-state index contributed by atoms with van der Waals surface area (Å²) in [5.41, 5.74) is 1.35. The first-order valence-electron chi connectivity index (χ1n) is 4.85. The van der Waals surface area contributed by atoms with Crippen LogP contribution in [0.15, 0.2) is 24.1 Å². The Morgan fingerprint density at radius 1 is 1.64 bits per heavy atom. The van der Waals surface area contributed by atoms with Crippen LogP contribution in [0.2, 0.25) is 0 Å². The Balaban J connectivity index is 2.59. The highest BCUT2D eigenvalue weighted by atomic mass is 19.1. The molecule has 3 heteroatoms. The summed E-state index contributed by atoms with van der Waals surface area (Å²) >= 11 is 0. The van der Waals surface area contributed by atoms with Crippen LogP contribution in [-0.2, 0) is 4.79 Å². The molecule has 1 heterocycles. The second-order valence-electron chi connectivity index (χ2n) is 3.84. The molecule has 0 aromatic carbocycles. The van der Waals surface area contributed by atoms with Crippen molar-refractivity contribution in [1.29, 1.82) is 0 Å². The van der Waals surface area contributed by atoms with Gasteiger partial charge in [-0.2, -0.15) is 0 Å². The van der Waals surface area contributed by atoms with Gasteiger partial charge in [0.2, 0.25) is 0 Å². The SMILES string of the molecule is C=C(F)C(=O)N1CC=C(C(C)C)CC1. The third-order valence-electron chi connectivity index (χ3n) is 2.51. The number of rotatable bonds is 2. The Labute approximate surface area is 84.1 Å². The molecule has 0 aromatic rings. The second kappa shape index (κ2) is 4.40. The Morgan fingerprint density at radius 3 is 2.64 bits per heavy atom. The van der Waals surface area contributed by atoms with E-state index in [2.05, 4.69) is 20.4 Å². The van der Waals surface area contributed by atoms with E-state index in [9.17, 15) is 9.18 Å². The van der Waals surface area contributed by atoms with Crippen molar-refractivity contribution in [1.82, 2.24) is 4.90 Å². The first-order chi connectivity index (χ1) is 6.52. The Bertz CT molecular complexity index is 281. The number of carbonyl (C=O) groups is 1. The highest BCUT2D eigenvalue weighted by Crippen LogP contribution is 2.19. The molecule has 1 rings (SSSR count). The van der Waals surface area contributed by atoms with E-state index in [4.69, 9.17) is 0 Å². The summed E-state index contributed by atoms with van der Waals surface area (Å²) < 4.78 is 12.5. The van der Waals surface area contributed by atoms with Gasteiger partial charge < -0.3 is 4.90 Å². The molecule has 0 saturated heterocycles. The van der Waals surface area contributed by atoms with Crippen molar-refractivity contribution in [2.45, 2.75) is 20.3 Å². The van der Waals surface area contributed by atoms with Gasteiger partial charge >= 0.3 is 0 Å². The highest BCUT2D eigenvalue weighted by Gasteiger charge is 2.20. The van der Waals surface area contributed by atoms with Crippen LogP contribution in [0.5, 0.6) is 0 Å². The molecule has 0 spiro atoms. The van der Waals surface area contributed by atoms with Crippen molar-refractivity contribution < 1.29 is 9.18 Å². The summed E-state index contributed by atoms with van der Waals surface area (Å²) in [6.45, 7) is 8.36. The third kappa shape index (κ3) is 2.44. The second-order valence-corrected chi connectivity index (χ2v) is 3.84. The van der Waals surface area contributed by atoms with Crippen LogP contribution in [0.3, 0.4) is 0 Å². The molecule has 14 heavy (non-hydrogen) atoms. The van der Waals surface area contributed by atoms with Crippen LogP contribution >= 0.6 is 0 Å². The average Bonchev–Trinajstić information content (AvgIpc) is 2.16. The first kappa shape index (κ1) is 11.0. The Morgan fingerprint density at radius 2 is 2.29 bits per heavy atom. The molecule has 0 aliphatic carbocycles. The zero-order valence-corrected chi connectivity index (χ0v) is 8.72. The predicted octanol–water partition coefficient (Wildman–Crippen LogP) is 2.28. The minimum atomic E-state index is -0.869. The van der Waals surface area contributed by atoms with Crippen molar-refractivity contribution >= 4 is 5.91 Å². The smallest absolute Gasteiger partial charge is 0.282 e. The first-order valence-corrected chi connectivity index (χ1v) is 4.85. The molecule has 0 fully saturated rings. The van der Waals surface area contributed by atoms with Crippen LogP contribution in [-0.4, -0.2) is 23.9 Å². The topological polar surface area (TPSA) is 20.3 Å². The monoisotopic (exact) mass is 197 g/mol. The van der Waals surface area contributed by atoms with E-state index in [1.165, 1.54) is 10.5 Å². The Hall–Kier alpha value is -1.12. The molecule has 0 radical (unpaired) electrons. The van der Waals surface area contributed by atoms with Gasteiger partial charge in [-0.1, -0.05) is 32.1 Å². The Kier molecular flexibility index (Phi) is 3.44. The van der Waals surface area contributed by atoms with Gasteiger partial charge in [-0.05, 0) is 12.3 Å². The standard InChI is InChI=1S/C11H16FNO/c1-8(2)10-4-6-13(7-5-10)11(14)9(3)12/h4,8H,3,5-7H2,1-2H3. The number of halogens is 1. The van der Waals surface area contributed by atoms with Crippen LogP contribution < -0.4 is 0 Å². The van der Waals surface area contributed by atoms with Crippen LogP contribution in [0, 0.1) is 5.92 Å². The molecule has 0 unspecified atom stereocenters. The van der Waals surface area contributed by atoms with Crippen LogP contribution in [0.25, 0.3) is 0 Å². The third-order valence-corrected chi connectivity index (χ3v) is 2.51. The van der Waals surface area contributed by atoms with Gasteiger partial charge in [0.15, 0.2) is 5.83 Å². The fourth-order valence-electron chi connectivity index (χ4n) is 1.57. The average molecular weight is 197 g/mol. The lowest BCUT2D eigenvalue weighted by molar-refractivity contribution is -0.128. The summed E-state index contributed by atoms with van der Waals surface area (Å²) in [5, 5.41) is 0. The molecule has 0 saturated carbocycles. The molecule has 2 nitrogen and oxygen atoms in total. The maximum Gasteiger partial charge on any atom is 0.282 e. The lowest BCUT2D eigenvalue weighted by Crippen LogP contribution is -2.35. The number of amides is 1. The molecule has 0 aromatic heterocycles. The van der Waals surface area contributed by atoms with Crippen molar-refractivity contribution in [2.24, 2.45) is 5.92 Å². The van der Waals surface area contributed by atoms with Gasteiger partial charge in [0.05, 0.1) is 0 Å². The lowest BCUT2D eigenvalue weighted by atomic mass is 9.97. The zero-order chi connectivity index (χ0) is 10.7. The lowest BCUT2D eigenvalue weighted by Gasteiger charge is -2.27. The summed E-state index contributed by atoms with van der Waals surface area (Å²) in [6, 6.07) is 0. The molecular weight excluding hydrogens is 181 g/mol. The maximum atomic E-state index is 12.5. The largest absolute Gasteiger partial charge is 0.333 e. The van der Waals surface area contributed by atoms with Crippen LogP contribution in [0.4, 0.5) is 4.39 Å². The molecular formula is C11H16FNO. The quantitative estimate of drug-likeness (QED) is 0.491. The fraction of sp³-hybridized carbons (Fsp3) is 0.545. The minimum absolute atomic E-state index is 0.509. The number of nitrogens with zero attached hydrogens (tertiary/aromatic N) is 1. The van der Waals surface area contributed by atoms with Gasteiger partial charge in [-0.3, -0.25) is 4.79 Å². The zero-order valence-electron chi connectivity index (χ0n) is 8.72. The van der Waals surface area contributed by atoms with E-state index in [0.29, 0.717) is 19.0 Å². The van der Waals surface area contributed by atoms with E-state index >= 15 is 0 Å². The molecule has 0 N–H and O–H groups in total. The van der Waals surface area contributed by atoms with E-state index in [1.54, 1.807) is 0 Å². The molecule has 0 atom stereocenters. The van der Waals surface area contributed by atoms with E-state index in [1.807, 2.05) is 6.08 Å². The number of hydrogen-bond acceptors (Lipinski definition) is 1. The molecule has 1 amide bonds. The van der Waals surface area contributed by atoms with Crippen molar-refractivity contribution in [3.63, 3.8) is 0 Å². The summed E-state index contributed by atoms with van der Waals surface area (Å²) in [5.74, 6) is -0.934. The molecule has 1 aliphatic rings. The molecule has 78 valence electrons. The fourth-order valence-corrected chi connectivity index (χ4v) is 1.57. The number of hydrogen-bond donors (Lipinski definition) is 0. The summed E-state index contributed by atoms with van der Waals surface area (Å²) in [7, 11) is 0. The molecule has 1 aliphatic heterocycles. The van der Waals surface area contributed by atoms with Crippen LogP contribution in [0.1, 0.15) is 20.3 Å². The maximum absolute atomic E-state index is 12.5. The van der Waals surface area contributed by atoms with Gasteiger partial charge in [0.25, 0.3) is 5.91 Å². The normalized spacial score (nSPS) is 16.9. The molecule has 0 bridgehead atoms.